The largest absolute Gasteiger partial charge is 0.315 e. The number of nitrogens with one attached hydrogen (secondary N) is 1. The van der Waals surface area contributed by atoms with Gasteiger partial charge in [0.25, 0.3) is 0 Å². The topological polar surface area (TPSA) is 21.8 Å². The highest BCUT2D eigenvalue weighted by Gasteiger charge is 2.12. The number of hydrogen-bond acceptors (Lipinski definition) is 4. The normalized spacial score (nSPS) is 23.7. The first-order valence-corrected chi connectivity index (χ1v) is 7.68. The fraction of sp³-hybridized carbons (Fsp3) is 1.00. The lowest BCUT2D eigenvalue weighted by atomic mass is 10.3. The SMILES string of the molecule is CN(CCN1CCCC1)CCN1CCCNCC1. The molecule has 0 amide bonds. The van der Waals surface area contributed by atoms with Crippen molar-refractivity contribution < 1.29 is 0 Å². The van der Waals surface area contributed by atoms with Crippen LogP contribution in [-0.4, -0.2) is 87.2 Å². The van der Waals surface area contributed by atoms with Crippen molar-refractivity contribution in [1.29, 1.82) is 0 Å². The van der Waals surface area contributed by atoms with Gasteiger partial charge in [-0.3, -0.25) is 0 Å². The minimum Gasteiger partial charge on any atom is -0.315 e. The smallest absolute Gasteiger partial charge is 0.0110 e. The van der Waals surface area contributed by atoms with Crippen molar-refractivity contribution >= 4 is 0 Å². The Morgan fingerprint density at radius 1 is 0.833 bits per heavy atom. The fourth-order valence-corrected chi connectivity index (χ4v) is 2.87. The summed E-state index contributed by atoms with van der Waals surface area (Å²) in [6.07, 6.45) is 4.12. The molecule has 0 unspecified atom stereocenters. The van der Waals surface area contributed by atoms with Crippen molar-refractivity contribution in [3.8, 4) is 0 Å². The summed E-state index contributed by atoms with van der Waals surface area (Å²) in [6.45, 7) is 12.4. The Balaban J connectivity index is 1.54. The minimum absolute atomic E-state index is 1.16. The first kappa shape index (κ1) is 14.3. The molecule has 106 valence electrons. The average molecular weight is 254 g/mol. The van der Waals surface area contributed by atoms with Gasteiger partial charge in [-0.1, -0.05) is 0 Å². The van der Waals surface area contributed by atoms with Crippen LogP contribution < -0.4 is 5.32 Å². The van der Waals surface area contributed by atoms with Crippen molar-refractivity contribution in [2.24, 2.45) is 0 Å². The highest BCUT2D eigenvalue weighted by molar-refractivity contribution is 4.70. The van der Waals surface area contributed by atoms with Gasteiger partial charge in [-0.15, -0.1) is 0 Å². The maximum Gasteiger partial charge on any atom is 0.0110 e. The molecule has 2 heterocycles. The zero-order valence-corrected chi connectivity index (χ0v) is 12.0. The van der Waals surface area contributed by atoms with Crippen LogP contribution in [0.1, 0.15) is 19.3 Å². The van der Waals surface area contributed by atoms with E-state index < -0.39 is 0 Å². The zero-order valence-electron chi connectivity index (χ0n) is 12.0. The molecule has 0 radical (unpaired) electrons. The van der Waals surface area contributed by atoms with Crippen LogP contribution in [0.3, 0.4) is 0 Å². The monoisotopic (exact) mass is 254 g/mol. The molecule has 2 rings (SSSR count). The first-order chi connectivity index (χ1) is 8.84. The van der Waals surface area contributed by atoms with Gasteiger partial charge in [0, 0.05) is 39.3 Å². The predicted octanol–water partition coefficient (Wildman–Crippen LogP) is 0.309. The van der Waals surface area contributed by atoms with Crippen molar-refractivity contribution in [2.75, 3.05) is 72.5 Å². The fourth-order valence-electron chi connectivity index (χ4n) is 2.87. The number of rotatable bonds is 6. The molecule has 0 bridgehead atoms. The van der Waals surface area contributed by atoms with Gasteiger partial charge in [-0.05, 0) is 52.5 Å². The molecule has 2 saturated heterocycles. The molecule has 2 fully saturated rings. The summed E-state index contributed by atoms with van der Waals surface area (Å²) in [4.78, 5) is 7.70. The Morgan fingerprint density at radius 3 is 2.17 bits per heavy atom. The van der Waals surface area contributed by atoms with Gasteiger partial charge in [0.1, 0.15) is 0 Å². The molecule has 0 aromatic heterocycles. The average Bonchev–Trinajstić information content (AvgIpc) is 2.76. The molecule has 18 heavy (non-hydrogen) atoms. The lowest BCUT2D eigenvalue weighted by Crippen LogP contribution is -2.38. The third-order valence-corrected chi connectivity index (χ3v) is 4.23. The predicted molar refractivity (Wildman–Crippen MR) is 77.1 cm³/mol. The second-order valence-electron chi connectivity index (χ2n) is 5.80. The van der Waals surface area contributed by atoms with E-state index >= 15 is 0 Å². The second kappa shape index (κ2) is 8.10. The van der Waals surface area contributed by atoms with E-state index in [0.29, 0.717) is 0 Å². The van der Waals surface area contributed by atoms with Gasteiger partial charge in [-0.2, -0.15) is 0 Å². The second-order valence-corrected chi connectivity index (χ2v) is 5.80. The molecule has 2 aliphatic rings. The lowest BCUT2D eigenvalue weighted by Gasteiger charge is -2.25. The van der Waals surface area contributed by atoms with E-state index in [9.17, 15) is 0 Å². The van der Waals surface area contributed by atoms with Crippen LogP contribution in [0.2, 0.25) is 0 Å². The van der Waals surface area contributed by atoms with Crippen molar-refractivity contribution in [1.82, 2.24) is 20.0 Å². The Kier molecular flexibility index (Phi) is 6.41. The molecule has 4 nitrogen and oxygen atoms in total. The van der Waals surface area contributed by atoms with E-state index in [1.165, 1.54) is 78.2 Å². The summed E-state index contributed by atoms with van der Waals surface area (Å²) in [7, 11) is 2.27. The van der Waals surface area contributed by atoms with Crippen molar-refractivity contribution in [3.63, 3.8) is 0 Å². The molecule has 4 heteroatoms. The number of nitrogens with zero attached hydrogens (tertiary/aromatic N) is 3. The third kappa shape index (κ3) is 5.22. The van der Waals surface area contributed by atoms with Gasteiger partial charge < -0.3 is 20.0 Å². The molecule has 0 aliphatic carbocycles. The molecule has 2 aliphatic heterocycles. The Labute approximate surface area is 112 Å². The van der Waals surface area contributed by atoms with Crippen LogP contribution in [0.15, 0.2) is 0 Å². The van der Waals surface area contributed by atoms with Crippen LogP contribution in [-0.2, 0) is 0 Å². The van der Waals surface area contributed by atoms with Crippen molar-refractivity contribution in [3.05, 3.63) is 0 Å². The van der Waals surface area contributed by atoms with Gasteiger partial charge in [-0.25, -0.2) is 0 Å². The lowest BCUT2D eigenvalue weighted by molar-refractivity contribution is 0.214. The zero-order chi connectivity index (χ0) is 12.6. The summed E-state index contributed by atoms with van der Waals surface area (Å²) in [5.74, 6) is 0. The number of likely N-dealkylation sites (N-methyl/N-ethyl adjacent to an activating group) is 1. The molecule has 0 spiro atoms. The van der Waals surface area contributed by atoms with E-state index in [4.69, 9.17) is 0 Å². The third-order valence-electron chi connectivity index (χ3n) is 4.23. The molecule has 0 aromatic carbocycles. The van der Waals surface area contributed by atoms with E-state index in [1.54, 1.807) is 0 Å². The summed E-state index contributed by atoms with van der Waals surface area (Å²) in [5.41, 5.74) is 0. The Bertz CT molecular complexity index is 208. The molecule has 0 aromatic rings. The van der Waals surface area contributed by atoms with Crippen LogP contribution >= 0.6 is 0 Å². The van der Waals surface area contributed by atoms with Crippen LogP contribution in [0.25, 0.3) is 0 Å². The van der Waals surface area contributed by atoms with Crippen LogP contribution in [0, 0.1) is 0 Å². The van der Waals surface area contributed by atoms with E-state index in [-0.39, 0.29) is 0 Å². The quantitative estimate of drug-likeness (QED) is 0.736. The van der Waals surface area contributed by atoms with Gasteiger partial charge in [0.2, 0.25) is 0 Å². The van der Waals surface area contributed by atoms with E-state index in [0.717, 1.165) is 6.54 Å². The standard InChI is InChI=1S/C14H30N4/c1-16(11-13-17-7-2-3-8-17)12-14-18-9-4-5-15-6-10-18/h15H,2-14H2,1H3. The summed E-state index contributed by atoms with van der Waals surface area (Å²) in [5, 5.41) is 3.47. The Hall–Kier alpha value is -0.160. The van der Waals surface area contributed by atoms with Gasteiger partial charge in [0.05, 0.1) is 0 Å². The van der Waals surface area contributed by atoms with E-state index in [2.05, 4.69) is 27.1 Å². The highest BCUT2D eigenvalue weighted by atomic mass is 15.2. The summed E-state index contributed by atoms with van der Waals surface area (Å²) >= 11 is 0. The minimum atomic E-state index is 1.16. The summed E-state index contributed by atoms with van der Waals surface area (Å²) in [6, 6.07) is 0. The number of likely N-dealkylation sites (tertiary alicyclic amines) is 1. The van der Waals surface area contributed by atoms with E-state index in [1.807, 2.05) is 0 Å². The van der Waals surface area contributed by atoms with Gasteiger partial charge in [0.15, 0.2) is 0 Å². The maximum absolute atomic E-state index is 3.47. The first-order valence-electron chi connectivity index (χ1n) is 7.68. The molecular formula is C14H30N4. The maximum atomic E-state index is 3.47. The van der Waals surface area contributed by atoms with Gasteiger partial charge >= 0.3 is 0 Å². The van der Waals surface area contributed by atoms with Crippen LogP contribution in [0.4, 0.5) is 0 Å². The molecular weight excluding hydrogens is 224 g/mol. The Morgan fingerprint density at radius 2 is 1.44 bits per heavy atom. The molecule has 1 N–H and O–H groups in total. The molecule has 0 saturated carbocycles. The summed E-state index contributed by atoms with van der Waals surface area (Å²) < 4.78 is 0. The number of hydrogen-bond donors (Lipinski definition) is 1. The van der Waals surface area contributed by atoms with Crippen LogP contribution in [0.5, 0.6) is 0 Å². The molecule has 0 atom stereocenters. The highest BCUT2D eigenvalue weighted by Crippen LogP contribution is 2.06. The van der Waals surface area contributed by atoms with Crippen molar-refractivity contribution in [2.45, 2.75) is 19.3 Å².